The number of hydrogen-bond acceptors (Lipinski definition) is 8. The summed E-state index contributed by atoms with van der Waals surface area (Å²) >= 11 is 0. The van der Waals surface area contributed by atoms with E-state index in [1.54, 1.807) is 30.3 Å². The number of guanidine groups is 1. The van der Waals surface area contributed by atoms with Gasteiger partial charge in [0.1, 0.15) is 18.1 Å². The second-order valence-corrected chi connectivity index (χ2v) is 9.13. The van der Waals surface area contributed by atoms with Gasteiger partial charge in [-0.25, -0.2) is 4.79 Å². The summed E-state index contributed by atoms with van der Waals surface area (Å²) in [4.78, 5) is 76.3. The van der Waals surface area contributed by atoms with E-state index < -0.39 is 85.5 Å². The molecule has 226 valence electrons. The number of nitrogens with two attached hydrogens (primary N) is 3. The van der Waals surface area contributed by atoms with Crippen molar-refractivity contribution in [3.8, 4) is 0 Å². The summed E-state index contributed by atoms with van der Waals surface area (Å²) in [5.74, 6) is -6.73. The molecule has 16 nitrogen and oxygen atoms in total. The number of carbonyl (C=O) groups is 6. The molecule has 1 rings (SSSR count). The average molecular weight is 580 g/mol. The number of aliphatic carboxylic acids is 3. The Morgan fingerprint density at radius 1 is 0.732 bits per heavy atom. The minimum Gasteiger partial charge on any atom is -0.481 e. The summed E-state index contributed by atoms with van der Waals surface area (Å²) in [6.45, 7) is 0.238. The molecule has 41 heavy (non-hydrogen) atoms. The first-order valence-corrected chi connectivity index (χ1v) is 12.7. The standard InChI is InChI=1S/C25H37N7O9/c26-15(7-4-12-29-25(27)28)21(37)32-18(13-14-5-2-1-3-6-14)23(39)30-16(8-10-19(33)34)22(38)31-17(24(40)41)9-11-20(35)36/h1-3,5-6,15-18H,4,7-13,26H2,(H,30,39)(H,31,38)(H,32,37)(H,33,34)(H,35,36)(H,40,41)(H4,27,28,29). The molecule has 0 saturated heterocycles. The summed E-state index contributed by atoms with van der Waals surface area (Å²) in [6.07, 6.45) is -1.39. The molecule has 12 N–H and O–H groups in total. The van der Waals surface area contributed by atoms with Crippen molar-refractivity contribution in [2.24, 2.45) is 22.2 Å². The first kappa shape index (κ1) is 34.3. The van der Waals surface area contributed by atoms with Crippen LogP contribution in [0.1, 0.15) is 44.1 Å². The van der Waals surface area contributed by atoms with Crippen molar-refractivity contribution in [2.45, 2.75) is 69.1 Å². The molecule has 0 saturated carbocycles. The minimum atomic E-state index is -1.60. The van der Waals surface area contributed by atoms with Gasteiger partial charge in [0.15, 0.2) is 5.96 Å². The Bertz CT molecular complexity index is 1090. The lowest BCUT2D eigenvalue weighted by molar-refractivity contribution is -0.144. The third kappa shape index (κ3) is 14.3. The van der Waals surface area contributed by atoms with E-state index >= 15 is 0 Å². The summed E-state index contributed by atoms with van der Waals surface area (Å²) in [7, 11) is 0. The molecule has 0 aliphatic rings. The van der Waals surface area contributed by atoms with Crippen molar-refractivity contribution < 1.29 is 44.1 Å². The van der Waals surface area contributed by atoms with Crippen LogP contribution in [-0.2, 0) is 35.2 Å². The molecule has 0 fully saturated rings. The van der Waals surface area contributed by atoms with Crippen molar-refractivity contribution in [1.29, 1.82) is 0 Å². The lowest BCUT2D eigenvalue weighted by Crippen LogP contribution is -2.57. The van der Waals surface area contributed by atoms with Crippen LogP contribution in [0, 0.1) is 0 Å². The first-order chi connectivity index (χ1) is 19.3. The molecule has 0 radical (unpaired) electrons. The molecule has 4 unspecified atom stereocenters. The van der Waals surface area contributed by atoms with Crippen LogP contribution in [0.25, 0.3) is 0 Å². The number of nitrogens with zero attached hydrogens (tertiary/aromatic N) is 1. The van der Waals surface area contributed by atoms with Gasteiger partial charge in [-0.05, 0) is 31.2 Å². The van der Waals surface area contributed by atoms with Crippen molar-refractivity contribution >= 4 is 41.6 Å². The van der Waals surface area contributed by atoms with Crippen LogP contribution in [0.5, 0.6) is 0 Å². The molecule has 1 aromatic carbocycles. The molecular weight excluding hydrogens is 542 g/mol. The van der Waals surface area contributed by atoms with Crippen molar-refractivity contribution in [3.05, 3.63) is 35.9 Å². The molecule has 3 amide bonds. The van der Waals surface area contributed by atoms with Crippen molar-refractivity contribution in [1.82, 2.24) is 16.0 Å². The molecule has 0 aromatic heterocycles. The summed E-state index contributed by atoms with van der Waals surface area (Å²) in [6, 6.07) is 3.23. The van der Waals surface area contributed by atoms with Crippen molar-refractivity contribution in [3.63, 3.8) is 0 Å². The van der Waals surface area contributed by atoms with Gasteiger partial charge in [0.25, 0.3) is 0 Å². The number of nitrogens with one attached hydrogen (secondary N) is 3. The van der Waals surface area contributed by atoms with Crippen LogP contribution in [0.2, 0.25) is 0 Å². The average Bonchev–Trinajstić information content (AvgIpc) is 2.90. The molecule has 4 atom stereocenters. The lowest BCUT2D eigenvalue weighted by atomic mass is 10.0. The van der Waals surface area contributed by atoms with Gasteiger partial charge in [0.2, 0.25) is 17.7 Å². The Labute approximate surface area is 235 Å². The monoisotopic (exact) mass is 579 g/mol. The predicted molar refractivity (Wildman–Crippen MR) is 145 cm³/mol. The second-order valence-electron chi connectivity index (χ2n) is 9.13. The minimum absolute atomic E-state index is 0.0111. The molecule has 1 aromatic rings. The third-order valence-corrected chi connectivity index (χ3v) is 5.76. The molecule has 0 aliphatic carbocycles. The first-order valence-electron chi connectivity index (χ1n) is 12.7. The highest BCUT2D eigenvalue weighted by atomic mass is 16.4. The fourth-order valence-electron chi connectivity index (χ4n) is 3.59. The van der Waals surface area contributed by atoms with E-state index in [-0.39, 0.29) is 25.3 Å². The van der Waals surface area contributed by atoms with E-state index in [4.69, 9.17) is 27.4 Å². The molecule has 0 aliphatic heterocycles. The number of carbonyl (C=O) groups excluding carboxylic acids is 3. The number of aliphatic imine (C=N–C) groups is 1. The summed E-state index contributed by atoms with van der Waals surface area (Å²) < 4.78 is 0. The largest absolute Gasteiger partial charge is 0.481 e. The number of carboxylic acids is 3. The number of benzene rings is 1. The zero-order valence-corrected chi connectivity index (χ0v) is 22.3. The molecule has 16 heteroatoms. The maximum Gasteiger partial charge on any atom is 0.326 e. The normalized spacial score (nSPS) is 13.5. The van der Waals surface area contributed by atoms with Crippen LogP contribution < -0.4 is 33.2 Å². The van der Waals surface area contributed by atoms with Crippen LogP contribution >= 0.6 is 0 Å². The van der Waals surface area contributed by atoms with Gasteiger partial charge < -0.3 is 48.5 Å². The maximum atomic E-state index is 13.3. The smallest absolute Gasteiger partial charge is 0.326 e. The Balaban J connectivity index is 3.09. The topological polar surface area (TPSA) is 290 Å². The fraction of sp³-hybridized carbons (Fsp3) is 0.480. The van der Waals surface area contributed by atoms with Crippen LogP contribution in [-0.4, -0.2) is 87.6 Å². The Hall–Kier alpha value is -4.73. The quantitative estimate of drug-likeness (QED) is 0.0483. The zero-order chi connectivity index (χ0) is 30.9. The van der Waals surface area contributed by atoms with Gasteiger partial charge in [-0.2, -0.15) is 0 Å². The van der Waals surface area contributed by atoms with Gasteiger partial charge in [-0.3, -0.25) is 29.0 Å². The zero-order valence-electron chi connectivity index (χ0n) is 22.3. The van der Waals surface area contributed by atoms with E-state index in [1.165, 1.54) is 0 Å². The number of hydrogen-bond donors (Lipinski definition) is 9. The number of amides is 3. The highest BCUT2D eigenvalue weighted by Crippen LogP contribution is 2.08. The van der Waals surface area contributed by atoms with Crippen LogP contribution in [0.4, 0.5) is 0 Å². The van der Waals surface area contributed by atoms with E-state index in [9.17, 15) is 33.9 Å². The van der Waals surface area contributed by atoms with Gasteiger partial charge in [-0.15, -0.1) is 0 Å². The van der Waals surface area contributed by atoms with Crippen LogP contribution in [0.15, 0.2) is 35.3 Å². The Kier molecular flexibility index (Phi) is 14.9. The molecule has 0 spiro atoms. The highest BCUT2D eigenvalue weighted by Gasteiger charge is 2.31. The fourth-order valence-corrected chi connectivity index (χ4v) is 3.59. The maximum absolute atomic E-state index is 13.3. The van der Waals surface area contributed by atoms with E-state index in [0.717, 1.165) is 0 Å². The van der Waals surface area contributed by atoms with Crippen molar-refractivity contribution in [2.75, 3.05) is 6.54 Å². The summed E-state index contributed by atoms with van der Waals surface area (Å²) in [5.41, 5.74) is 17.1. The predicted octanol–water partition coefficient (Wildman–Crippen LogP) is -2.12. The summed E-state index contributed by atoms with van der Waals surface area (Å²) in [5, 5.41) is 34.4. The van der Waals surface area contributed by atoms with Gasteiger partial charge >= 0.3 is 17.9 Å². The van der Waals surface area contributed by atoms with Gasteiger partial charge in [0.05, 0.1) is 6.04 Å². The molecular formula is C25H37N7O9. The Morgan fingerprint density at radius 3 is 1.78 bits per heavy atom. The van der Waals surface area contributed by atoms with Gasteiger partial charge in [0, 0.05) is 25.8 Å². The van der Waals surface area contributed by atoms with E-state index in [0.29, 0.717) is 12.0 Å². The Morgan fingerprint density at radius 2 is 1.24 bits per heavy atom. The lowest BCUT2D eigenvalue weighted by Gasteiger charge is -2.25. The van der Waals surface area contributed by atoms with E-state index in [2.05, 4.69) is 20.9 Å². The molecule has 0 heterocycles. The van der Waals surface area contributed by atoms with E-state index in [1.807, 2.05) is 0 Å². The SMILES string of the molecule is NC(N)=NCCCC(N)C(=O)NC(Cc1ccccc1)C(=O)NC(CCC(=O)O)C(=O)NC(CCC(=O)O)C(=O)O. The number of rotatable bonds is 19. The molecule has 0 bridgehead atoms. The third-order valence-electron chi connectivity index (χ3n) is 5.76. The second kappa shape index (κ2) is 17.8. The highest BCUT2D eigenvalue weighted by molar-refractivity contribution is 5.94. The number of carboxylic acid groups (broad SMARTS) is 3. The van der Waals surface area contributed by atoms with Crippen LogP contribution in [0.3, 0.4) is 0 Å². The van der Waals surface area contributed by atoms with Gasteiger partial charge in [-0.1, -0.05) is 30.3 Å².